The molecule has 0 aliphatic carbocycles. The SMILES string of the molecule is Cc1nc(-c2ccccn2)sc1C(=O)N1CCC(c2nc3ccccc3o2)CC1. The highest BCUT2D eigenvalue weighted by molar-refractivity contribution is 7.17. The van der Waals surface area contributed by atoms with Gasteiger partial charge in [-0.25, -0.2) is 9.97 Å². The molecule has 146 valence electrons. The summed E-state index contributed by atoms with van der Waals surface area (Å²) in [5.41, 5.74) is 3.28. The van der Waals surface area contributed by atoms with Gasteiger partial charge in [-0.3, -0.25) is 9.78 Å². The second-order valence-corrected chi connectivity index (χ2v) is 8.23. The first kappa shape index (κ1) is 18.0. The number of pyridine rings is 1. The minimum absolute atomic E-state index is 0.0539. The monoisotopic (exact) mass is 404 g/mol. The van der Waals surface area contributed by atoms with E-state index in [0.717, 1.165) is 46.2 Å². The Kier molecular flexibility index (Phi) is 4.60. The predicted molar refractivity (Wildman–Crippen MR) is 112 cm³/mol. The first-order valence-corrected chi connectivity index (χ1v) is 10.5. The summed E-state index contributed by atoms with van der Waals surface area (Å²) in [5.74, 6) is 1.08. The van der Waals surface area contributed by atoms with E-state index in [0.29, 0.717) is 18.0 Å². The molecular weight excluding hydrogens is 384 g/mol. The maximum Gasteiger partial charge on any atom is 0.265 e. The highest BCUT2D eigenvalue weighted by Gasteiger charge is 2.29. The van der Waals surface area contributed by atoms with Crippen molar-refractivity contribution in [2.75, 3.05) is 13.1 Å². The van der Waals surface area contributed by atoms with Crippen LogP contribution in [-0.2, 0) is 0 Å². The highest BCUT2D eigenvalue weighted by atomic mass is 32.1. The van der Waals surface area contributed by atoms with Crippen LogP contribution in [-0.4, -0.2) is 38.8 Å². The van der Waals surface area contributed by atoms with Crippen LogP contribution < -0.4 is 0 Å². The third-order valence-corrected chi connectivity index (χ3v) is 6.48. The number of thiazole rings is 1. The fraction of sp³-hybridized carbons (Fsp3) is 0.273. The normalized spacial score (nSPS) is 15.1. The van der Waals surface area contributed by atoms with E-state index < -0.39 is 0 Å². The van der Waals surface area contributed by atoms with E-state index in [1.165, 1.54) is 11.3 Å². The Bertz CT molecular complexity index is 1130. The second-order valence-electron chi connectivity index (χ2n) is 7.23. The molecule has 0 N–H and O–H groups in total. The Labute approximate surface area is 172 Å². The molecule has 1 aliphatic rings. The first-order chi connectivity index (χ1) is 14.2. The number of nitrogens with zero attached hydrogens (tertiary/aromatic N) is 4. The maximum absolute atomic E-state index is 13.1. The molecule has 1 aliphatic heterocycles. The Morgan fingerprint density at radius 2 is 1.90 bits per heavy atom. The largest absolute Gasteiger partial charge is 0.440 e. The zero-order chi connectivity index (χ0) is 19.8. The van der Waals surface area contributed by atoms with Crippen LogP contribution in [0.2, 0.25) is 0 Å². The van der Waals surface area contributed by atoms with Crippen molar-refractivity contribution in [3.8, 4) is 10.7 Å². The summed E-state index contributed by atoms with van der Waals surface area (Å²) in [7, 11) is 0. The first-order valence-electron chi connectivity index (χ1n) is 9.72. The number of carbonyl (C=O) groups is 1. The number of oxazole rings is 1. The van der Waals surface area contributed by atoms with Gasteiger partial charge in [-0.1, -0.05) is 18.2 Å². The number of hydrogen-bond donors (Lipinski definition) is 0. The van der Waals surface area contributed by atoms with Gasteiger partial charge in [-0.2, -0.15) is 0 Å². The van der Waals surface area contributed by atoms with E-state index >= 15 is 0 Å². The number of piperidine rings is 1. The zero-order valence-electron chi connectivity index (χ0n) is 16.0. The average molecular weight is 404 g/mol. The van der Waals surface area contributed by atoms with Gasteiger partial charge in [0.25, 0.3) is 5.91 Å². The van der Waals surface area contributed by atoms with Crippen LogP contribution in [0, 0.1) is 6.92 Å². The molecule has 6 nitrogen and oxygen atoms in total. The molecule has 7 heteroatoms. The number of hydrogen-bond acceptors (Lipinski definition) is 6. The van der Waals surface area contributed by atoms with E-state index in [2.05, 4.69) is 15.0 Å². The zero-order valence-corrected chi connectivity index (χ0v) is 16.9. The standard InChI is InChI=1S/C22H20N4O2S/c1-14-19(29-21(24-14)17-7-4-5-11-23-17)22(27)26-12-9-15(10-13-26)20-25-16-6-2-3-8-18(16)28-20/h2-8,11,15H,9-10,12-13H2,1H3. The summed E-state index contributed by atoms with van der Waals surface area (Å²) < 4.78 is 5.93. The van der Waals surface area contributed by atoms with Gasteiger partial charge in [0.05, 0.1) is 11.4 Å². The van der Waals surface area contributed by atoms with Gasteiger partial charge in [-0.15, -0.1) is 11.3 Å². The minimum atomic E-state index is 0.0539. The van der Waals surface area contributed by atoms with Crippen molar-refractivity contribution < 1.29 is 9.21 Å². The Balaban J connectivity index is 1.29. The Morgan fingerprint density at radius 1 is 1.10 bits per heavy atom. The van der Waals surface area contributed by atoms with Gasteiger partial charge in [0.15, 0.2) is 11.5 Å². The van der Waals surface area contributed by atoms with Crippen LogP contribution >= 0.6 is 11.3 Å². The number of carbonyl (C=O) groups excluding carboxylic acids is 1. The van der Waals surface area contributed by atoms with Crippen molar-refractivity contribution in [3.63, 3.8) is 0 Å². The molecule has 5 rings (SSSR count). The van der Waals surface area contributed by atoms with Gasteiger partial charge in [0, 0.05) is 25.2 Å². The fourth-order valence-corrected chi connectivity index (χ4v) is 4.74. The van der Waals surface area contributed by atoms with E-state index in [1.807, 2.05) is 54.3 Å². The molecule has 0 atom stereocenters. The highest BCUT2D eigenvalue weighted by Crippen LogP contribution is 2.32. The molecule has 0 spiro atoms. The van der Waals surface area contributed by atoms with Crippen LogP contribution in [0.4, 0.5) is 0 Å². The van der Waals surface area contributed by atoms with Crippen molar-refractivity contribution in [3.05, 3.63) is 65.1 Å². The molecule has 0 saturated carbocycles. The van der Waals surface area contributed by atoms with E-state index in [-0.39, 0.29) is 11.8 Å². The molecule has 29 heavy (non-hydrogen) atoms. The van der Waals surface area contributed by atoms with Crippen molar-refractivity contribution in [2.24, 2.45) is 0 Å². The summed E-state index contributed by atoms with van der Waals surface area (Å²) in [5, 5.41) is 0.785. The van der Waals surface area contributed by atoms with Crippen molar-refractivity contribution in [1.29, 1.82) is 0 Å². The summed E-state index contributed by atoms with van der Waals surface area (Å²) in [4.78, 5) is 29.2. The van der Waals surface area contributed by atoms with Crippen LogP contribution in [0.15, 0.2) is 53.1 Å². The lowest BCUT2D eigenvalue weighted by Gasteiger charge is -2.30. The number of aryl methyl sites for hydroxylation is 1. The summed E-state index contributed by atoms with van der Waals surface area (Å²) >= 11 is 1.42. The molecule has 1 saturated heterocycles. The smallest absolute Gasteiger partial charge is 0.265 e. The lowest BCUT2D eigenvalue weighted by molar-refractivity contribution is 0.0710. The Hall–Kier alpha value is -3.06. The third-order valence-electron chi connectivity index (χ3n) is 5.32. The number of amides is 1. The molecule has 1 fully saturated rings. The van der Waals surface area contributed by atoms with Gasteiger partial charge < -0.3 is 9.32 Å². The average Bonchev–Trinajstić information content (AvgIpc) is 3.38. The van der Waals surface area contributed by atoms with E-state index in [4.69, 9.17) is 4.42 Å². The molecular formula is C22H20N4O2S. The van der Waals surface area contributed by atoms with Crippen LogP contribution in [0.5, 0.6) is 0 Å². The summed E-state index contributed by atoms with van der Waals surface area (Å²) in [6, 6.07) is 13.5. The number of likely N-dealkylation sites (tertiary alicyclic amines) is 1. The minimum Gasteiger partial charge on any atom is -0.440 e. The van der Waals surface area contributed by atoms with Gasteiger partial charge >= 0.3 is 0 Å². The lowest BCUT2D eigenvalue weighted by Crippen LogP contribution is -2.37. The molecule has 4 heterocycles. The molecule has 1 amide bonds. The molecule has 1 aromatic carbocycles. The second kappa shape index (κ2) is 7.40. The summed E-state index contributed by atoms with van der Waals surface area (Å²) in [6.45, 7) is 3.28. The van der Waals surface area contributed by atoms with Crippen molar-refractivity contribution in [2.45, 2.75) is 25.7 Å². The topological polar surface area (TPSA) is 72.1 Å². The van der Waals surface area contributed by atoms with Crippen LogP contribution in [0.25, 0.3) is 21.8 Å². The molecule has 4 aromatic rings. The van der Waals surface area contributed by atoms with Crippen molar-refractivity contribution in [1.82, 2.24) is 19.9 Å². The van der Waals surface area contributed by atoms with E-state index in [9.17, 15) is 4.79 Å². The molecule has 0 radical (unpaired) electrons. The third kappa shape index (κ3) is 3.42. The molecule has 0 bridgehead atoms. The lowest BCUT2D eigenvalue weighted by atomic mass is 9.96. The van der Waals surface area contributed by atoms with Gasteiger partial charge in [0.2, 0.25) is 0 Å². The number of benzene rings is 1. The number of para-hydroxylation sites is 2. The maximum atomic E-state index is 13.1. The van der Waals surface area contributed by atoms with Gasteiger partial charge in [-0.05, 0) is 44.0 Å². The number of rotatable bonds is 3. The van der Waals surface area contributed by atoms with Crippen molar-refractivity contribution >= 4 is 28.3 Å². The number of fused-ring (bicyclic) bond motifs is 1. The van der Waals surface area contributed by atoms with Crippen LogP contribution in [0.1, 0.15) is 40.0 Å². The quantitative estimate of drug-likeness (QED) is 0.496. The van der Waals surface area contributed by atoms with E-state index in [1.54, 1.807) is 6.20 Å². The fourth-order valence-electron chi connectivity index (χ4n) is 3.73. The Morgan fingerprint density at radius 3 is 2.66 bits per heavy atom. The predicted octanol–water partition coefficient (Wildman–Crippen LogP) is 4.67. The molecule has 3 aromatic heterocycles. The molecule has 0 unspecified atom stereocenters. The number of aromatic nitrogens is 3. The van der Waals surface area contributed by atoms with Crippen LogP contribution in [0.3, 0.4) is 0 Å². The van der Waals surface area contributed by atoms with Gasteiger partial charge in [0.1, 0.15) is 15.4 Å². The summed E-state index contributed by atoms with van der Waals surface area (Å²) in [6.07, 6.45) is 3.44.